The summed E-state index contributed by atoms with van der Waals surface area (Å²) in [5.41, 5.74) is 1.58. The minimum Gasteiger partial charge on any atom is -0.344 e. The van der Waals surface area contributed by atoms with Gasteiger partial charge in [0.05, 0.1) is 0 Å². The predicted octanol–water partition coefficient (Wildman–Crippen LogP) is 1.62. The summed E-state index contributed by atoms with van der Waals surface area (Å²) in [4.78, 5) is 38.5. The highest BCUT2D eigenvalue weighted by molar-refractivity contribution is 5.90. The summed E-state index contributed by atoms with van der Waals surface area (Å²) in [6.07, 6.45) is 8.01. The first-order chi connectivity index (χ1) is 11.9. The minimum atomic E-state index is -0.615. The van der Waals surface area contributed by atoms with Crippen LogP contribution in [0.5, 0.6) is 0 Å². The van der Waals surface area contributed by atoms with Crippen LogP contribution >= 0.6 is 0 Å². The van der Waals surface area contributed by atoms with Gasteiger partial charge in [-0.1, -0.05) is 26.0 Å². The summed E-state index contributed by atoms with van der Waals surface area (Å²) in [7, 11) is 1.75. The lowest BCUT2D eigenvalue weighted by Crippen LogP contribution is -2.52. The van der Waals surface area contributed by atoms with Crippen molar-refractivity contribution < 1.29 is 19.6 Å². The normalized spacial score (nSPS) is 25.2. The third kappa shape index (κ3) is 7.25. The van der Waals surface area contributed by atoms with Crippen molar-refractivity contribution in [1.29, 1.82) is 0 Å². The Morgan fingerprint density at radius 1 is 1.32 bits per heavy atom. The van der Waals surface area contributed by atoms with E-state index in [0.717, 1.165) is 25.7 Å². The van der Waals surface area contributed by atoms with Gasteiger partial charge in [-0.3, -0.25) is 19.6 Å². The van der Waals surface area contributed by atoms with Gasteiger partial charge in [0, 0.05) is 25.9 Å². The molecule has 0 aliphatic carbocycles. The highest BCUT2D eigenvalue weighted by atomic mass is 16.5. The molecule has 2 atom stereocenters. The van der Waals surface area contributed by atoms with E-state index in [1.807, 2.05) is 13.8 Å². The van der Waals surface area contributed by atoms with Gasteiger partial charge >= 0.3 is 0 Å². The monoisotopic (exact) mass is 353 g/mol. The number of nitrogens with zero attached hydrogens (tertiary/aromatic N) is 1. The maximum atomic E-state index is 12.7. The van der Waals surface area contributed by atoms with Gasteiger partial charge in [0.2, 0.25) is 17.7 Å². The zero-order valence-electron chi connectivity index (χ0n) is 15.5. The summed E-state index contributed by atoms with van der Waals surface area (Å²) in [6, 6.07) is -0.615. The van der Waals surface area contributed by atoms with Crippen LogP contribution in [0.25, 0.3) is 0 Å². The molecular formula is C18H31N3O4. The molecule has 142 valence electrons. The molecule has 0 bridgehead atoms. The van der Waals surface area contributed by atoms with E-state index in [1.165, 1.54) is 0 Å². The van der Waals surface area contributed by atoms with Crippen LogP contribution < -0.4 is 10.8 Å². The summed E-state index contributed by atoms with van der Waals surface area (Å²) < 4.78 is 0. The second-order valence-electron chi connectivity index (χ2n) is 6.97. The molecule has 3 amide bonds. The Bertz CT molecular complexity index is 491. The Kier molecular flexibility index (Phi) is 9.20. The minimum absolute atomic E-state index is 0.0565. The van der Waals surface area contributed by atoms with Gasteiger partial charge < -0.3 is 10.2 Å². The van der Waals surface area contributed by atoms with Crippen LogP contribution in [0.15, 0.2) is 12.2 Å². The first-order valence-electron chi connectivity index (χ1n) is 9.00. The molecule has 7 nitrogen and oxygen atoms in total. The molecule has 0 aromatic heterocycles. The summed E-state index contributed by atoms with van der Waals surface area (Å²) in [5.74, 6) is -1.65. The number of amides is 3. The predicted molar refractivity (Wildman–Crippen MR) is 94.7 cm³/mol. The number of hydroxylamine groups is 1. The van der Waals surface area contributed by atoms with E-state index in [0.29, 0.717) is 13.0 Å². The average Bonchev–Trinajstić information content (AvgIpc) is 2.58. The maximum Gasteiger partial charge on any atom is 0.245 e. The lowest BCUT2D eigenvalue weighted by Gasteiger charge is -2.28. The molecule has 1 aliphatic rings. The van der Waals surface area contributed by atoms with Crippen molar-refractivity contribution >= 4 is 17.7 Å². The van der Waals surface area contributed by atoms with Gasteiger partial charge in [-0.05, 0) is 38.0 Å². The lowest BCUT2D eigenvalue weighted by atomic mass is 9.94. The number of nitrogens with one attached hydrogen (secondary N) is 2. The molecule has 0 saturated heterocycles. The maximum absolute atomic E-state index is 12.7. The van der Waals surface area contributed by atoms with Gasteiger partial charge in [-0.15, -0.1) is 0 Å². The number of hydrogen-bond acceptors (Lipinski definition) is 4. The Morgan fingerprint density at radius 3 is 2.56 bits per heavy atom. The summed E-state index contributed by atoms with van der Waals surface area (Å²) >= 11 is 0. The van der Waals surface area contributed by atoms with Gasteiger partial charge in [0.1, 0.15) is 6.04 Å². The quantitative estimate of drug-likeness (QED) is 0.408. The SMILES string of the molecule is CC(C)[C@@H]1NC(=O)[C@@H](CC(=O)NO)CCC/C=C/CCCN(C)C1=O. The fourth-order valence-electron chi connectivity index (χ4n) is 2.89. The number of carbonyl (C=O) groups excluding carboxylic acids is 3. The molecule has 0 spiro atoms. The summed E-state index contributed by atoms with van der Waals surface area (Å²) in [6.45, 7) is 4.41. The number of hydrogen-bond donors (Lipinski definition) is 3. The highest BCUT2D eigenvalue weighted by Gasteiger charge is 2.30. The third-order valence-corrected chi connectivity index (χ3v) is 4.49. The van der Waals surface area contributed by atoms with Crippen LogP contribution in [-0.4, -0.2) is 47.5 Å². The molecule has 0 fully saturated rings. The third-order valence-electron chi connectivity index (χ3n) is 4.49. The molecule has 3 N–H and O–H groups in total. The molecule has 1 rings (SSSR count). The Balaban J connectivity index is 2.95. The van der Waals surface area contributed by atoms with Gasteiger partial charge in [-0.25, -0.2) is 5.48 Å². The molecule has 7 heteroatoms. The van der Waals surface area contributed by atoms with Crippen LogP contribution in [0.3, 0.4) is 0 Å². The van der Waals surface area contributed by atoms with Crippen molar-refractivity contribution in [3.8, 4) is 0 Å². The standard InChI is InChI=1S/C18H31N3O4/c1-13(2)16-18(24)21(3)11-9-7-5-4-6-8-10-14(17(23)19-16)12-15(22)20-25/h4-5,13-14,16,25H,6-12H2,1-3H3,(H,19,23)(H,20,22)/b5-4+/t14-,16+/m1/s1. The fraction of sp³-hybridized carbons (Fsp3) is 0.722. The van der Waals surface area contributed by atoms with Crippen molar-refractivity contribution in [3.05, 3.63) is 12.2 Å². The first kappa shape index (κ1) is 21.2. The molecule has 0 unspecified atom stereocenters. The molecule has 0 aromatic carbocycles. The van der Waals surface area contributed by atoms with Crippen molar-refractivity contribution in [2.24, 2.45) is 11.8 Å². The smallest absolute Gasteiger partial charge is 0.245 e. The number of allylic oxidation sites excluding steroid dienone is 2. The molecule has 0 saturated carbocycles. The van der Waals surface area contributed by atoms with E-state index >= 15 is 0 Å². The second kappa shape index (κ2) is 10.9. The number of likely N-dealkylation sites (N-methyl/N-ethyl adjacent to an activating group) is 1. The van der Waals surface area contributed by atoms with Crippen LogP contribution in [0.1, 0.15) is 52.4 Å². The van der Waals surface area contributed by atoms with E-state index in [2.05, 4.69) is 17.5 Å². The Hall–Kier alpha value is -1.89. The van der Waals surface area contributed by atoms with Crippen LogP contribution in [0.4, 0.5) is 0 Å². The average molecular weight is 353 g/mol. The molecule has 1 aliphatic heterocycles. The van der Waals surface area contributed by atoms with Crippen LogP contribution in [0.2, 0.25) is 0 Å². The van der Waals surface area contributed by atoms with Crippen molar-refractivity contribution in [1.82, 2.24) is 15.7 Å². The topological polar surface area (TPSA) is 98.7 Å². The van der Waals surface area contributed by atoms with Crippen LogP contribution in [-0.2, 0) is 14.4 Å². The Morgan fingerprint density at radius 2 is 1.96 bits per heavy atom. The van der Waals surface area contributed by atoms with Crippen molar-refractivity contribution in [2.45, 2.75) is 58.4 Å². The van der Waals surface area contributed by atoms with E-state index in [4.69, 9.17) is 5.21 Å². The first-order valence-corrected chi connectivity index (χ1v) is 9.00. The summed E-state index contributed by atoms with van der Waals surface area (Å²) in [5, 5.41) is 11.6. The van der Waals surface area contributed by atoms with E-state index in [1.54, 1.807) is 17.4 Å². The van der Waals surface area contributed by atoms with E-state index in [9.17, 15) is 14.4 Å². The molecule has 1 heterocycles. The zero-order chi connectivity index (χ0) is 18.8. The largest absolute Gasteiger partial charge is 0.344 e. The van der Waals surface area contributed by atoms with Gasteiger partial charge in [0.25, 0.3) is 0 Å². The van der Waals surface area contributed by atoms with E-state index < -0.39 is 17.9 Å². The van der Waals surface area contributed by atoms with Crippen molar-refractivity contribution in [2.75, 3.05) is 13.6 Å². The van der Waals surface area contributed by atoms with Gasteiger partial charge in [0.15, 0.2) is 0 Å². The zero-order valence-corrected chi connectivity index (χ0v) is 15.5. The second-order valence-corrected chi connectivity index (χ2v) is 6.97. The molecule has 25 heavy (non-hydrogen) atoms. The number of carbonyl (C=O) groups is 3. The van der Waals surface area contributed by atoms with Crippen molar-refractivity contribution in [3.63, 3.8) is 0 Å². The van der Waals surface area contributed by atoms with Gasteiger partial charge in [-0.2, -0.15) is 0 Å². The molecular weight excluding hydrogens is 322 g/mol. The van der Waals surface area contributed by atoms with E-state index in [-0.39, 0.29) is 24.2 Å². The van der Waals surface area contributed by atoms with Crippen LogP contribution in [0, 0.1) is 11.8 Å². The fourth-order valence-corrected chi connectivity index (χ4v) is 2.89. The molecule has 0 radical (unpaired) electrons. The molecule has 0 aromatic rings. The number of rotatable bonds is 3. The Labute approximate surface area is 149 Å². The highest BCUT2D eigenvalue weighted by Crippen LogP contribution is 2.16. The lowest BCUT2D eigenvalue weighted by molar-refractivity contribution is -0.139.